The van der Waals surface area contributed by atoms with Crippen LogP contribution in [0, 0.1) is 0 Å². The van der Waals surface area contributed by atoms with Crippen LogP contribution in [-0.2, 0) is 0 Å². The van der Waals surface area contributed by atoms with Gasteiger partial charge < -0.3 is 11.6 Å². The van der Waals surface area contributed by atoms with Crippen LogP contribution in [0.25, 0.3) is 22.1 Å². The van der Waals surface area contributed by atoms with Crippen LogP contribution in [0.1, 0.15) is 0 Å². The van der Waals surface area contributed by atoms with E-state index in [0.717, 1.165) is 10.9 Å². The first-order valence-electron chi connectivity index (χ1n) is 4.39. The molecule has 4 N–H and O–H groups in total. The van der Waals surface area contributed by atoms with Crippen LogP contribution in [0.5, 0.6) is 0 Å². The van der Waals surface area contributed by atoms with Gasteiger partial charge in [0.15, 0.2) is 11.5 Å². The largest absolute Gasteiger partial charge is 0.382 e. The number of fused-ring (bicyclic) bond motifs is 3. The van der Waals surface area contributed by atoms with Gasteiger partial charge in [-0.2, -0.15) is 0 Å². The molecule has 0 atom stereocenters. The Morgan fingerprint density at radius 2 is 2.13 bits per heavy atom. The van der Waals surface area contributed by atoms with Crippen molar-refractivity contribution in [2.24, 2.45) is 0 Å². The van der Waals surface area contributed by atoms with Crippen molar-refractivity contribution in [3.8, 4) is 0 Å². The van der Waals surface area contributed by atoms with Gasteiger partial charge in [0.25, 0.3) is 0 Å². The molecule has 0 radical (unpaired) electrons. The zero-order chi connectivity index (χ0) is 10.4. The smallest absolute Gasteiger partial charge is 0.163 e. The first-order chi connectivity index (χ1) is 7.27. The number of hydrogen-bond donors (Lipinski definition) is 2. The highest BCUT2D eigenvalue weighted by atomic mass is 15.3. The van der Waals surface area contributed by atoms with E-state index in [0.29, 0.717) is 17.0 Å². The van der Waals surface area contributed by atoms with E-state index in [1.165, 1.54) is 11.0 Å². The predicted octanol–water partition coefficient (Wildman–Crippen LogP) is 0.275. The molecule has 0 saturated heterocycles. The standard InChI is InChI=1S/C9H8N6/c10-8-6-7(15(11)4-13-6)5-2-1-3-12-9(5)14-8/h1-4H,11H2,(H2,10,12,14). The summed E-state index contributed by atoms with van der Waals surface area (Å²) in [7, 11) is 0. The third kappa shape index (κ3) is 0.954. The first kappa shape index (κ1) is 7.98. The molecule has 0 bridgehead atoms. The second-order valence-corrected chi connectivity index (χ2v) is 3.22. The van der Waals surface area contributed by atoms with Gasteiger partial charge in [0, 0.05) is 11.6 Å². The Hall–Kier alpha value is -2.37. The van der Waals surface area contributed by atoms with Crippen molar-refractivity contribution < 1.29 is 0 Å². The summed E-state index contributed by atoms with van der Waals surface area (Å²) in [5.41, 5.74) is 7.70. The molecule has 0 fully saturated rings. The Balaban J connectivity index is 2.67. The topological polar surface area (TPSA) is 95.6 Å². The van der Waals surface area contributed by atoms with Crippen LogP contribution in [-0.4, -0.2) is 19.6 Å². The Morgan fingerprint density at radius 1 is 1.27 bits per heavy atom. The van der Waals surface area contributed by atoms with Gasteiger partial charge in [0.2, 0.25) is 0 Å². The van der Waals surface area contributed by atoms with Crippen LogP contribution in [0.4, 0.5) is 5.82 Å². The molecule has 0 amide bonds. The van der Waals surface area contributed by atoms with E-state index >= 15 is 0 Å². The molecule has 6 nitrogen and oxygen atoms in total. The van der Waals surface area contributed by atoms with Crippen molar-refractivity contribution >= 4 is 27.9 Å². The van der Waals surface area contributed by atoms with E-state index in [1.807, 2.05) is 12.1 Å². The highest BCUT2D eigenvalue weighted by molar-refractivity contribution is 6.04. The van der Waals surface area contributed by atoms with Crippen molar-refractivity contribution in [3.63, 3.8) is 0 Å². The number of nitrogen functional groups attached to an aromatic ring is 2. The molecule has 3 aromatic heterocycles. The maximum atomic E-state index is 5.75. The molecule has 0 saturated carbocycles. The van der Waals surface area contributed by atoms with E-state index in [4.69, 9.17) is 11.6 Å². The van der Waals surface area contributed by atoms with Gasteiger partial charge in [-0.15, -0.1) is 0 Å². The third-order valence-electron chi connectivity index (χ3n) is 2.30. The van der Waals surface area contributed by atoms with Crippen molar-refractivity contribution in [1.82, 2.24) is 19.6 Å². The quantitative estimate of drug-likeness (QED) is 0.508. The van der Waals surface area contributed by atoms with Crippen LogP contribution in [0.2, 0.25) is 0 Å². The Bertz CT molecular complexity index is 656. The summed E-state index contributed by atoms with van der Waals surface area (Å²) >= 11 is 0. The number of hydrogen-bond acceptors (Lipinski definition) is 5. The molecule has 0 aliphatic rings. The molecular formula is C9H8N6. The summed E-state index contributed by atoms with van der Waals surface area (Å²) in [4.78, 5) is 12.4. The van der Waals surface area contributed by atoms with Crippen molar-refractivity contribution in [3.05, 3.63) is 24.7 Å². The molecule has 0 aromatic carbocycles. The minimum atomic E-state index is 0.348. The number of nitrogens with two attached hydrogens (primary N) is 2. The number of aromatic nitrogens is 4. The molecule has 6 heteroatoms. The number of nitrogens with zero attached hydrogens (tertiary/aromatic N) is 4. The van der Waals surface area contributed by atoms with Gasteiger partial charge in [-0.25, -0.2) is 19.6 Å². The van der Waals surface area contributed by atoms with Gasteiger partial charge in [-0.3, -0.25) is 0 Å². The van der Waals surface area contributed by atoms with Gasteiger partial charge in [-0.1, -0.05) is 0 Å². The molecular weight excluding hydrogens is 192 g/mol. The van der Waals surface area contributed by atoms with Crippen molar-refractivity contribution in [1.29, 1.82) is 0 Å². The highest BCUT2D eigenvalue weighted by Crippen LogP contribution is 2.24. The highest BCUT2D eigenvalue weighted by Gasteiger charge is 2.10. The maximum absolute atomic E-state index is 5.75. The van der Waals surface area contributed by atoms with Gasteiger partial charge in [-0.05, 0) is 12.1 Å². The summed E-state index contributed by atoms with van der Waals surface area (Å²) < 4.78 is 1.43. The van der Waals surface area contributed by atoms with E-state index in [2.05, 4.69) is 15.0 Å². The molecule has 74 valence electrons. The minimum absolute atomic E-state index is 0.348. The fourth-order valence-corrected chi connectivity index (χ4v) is 1.65. The van der Waals surface area contributed by atoms with E-state index < -0.39 is 0 Å². The fourth-order valence-electron chi connectivity index (χ4n) is 1.65. The number of anilines is 1. The third-order valence-corrected chi connectivity index (χ3v) is 2.30. The van der Waals surface area contributed by atoms with E-state index in [1.54, 1.807) is 6.20 Å². The molecule has 3 rings (SSSR count). The zero-order valence-corrected chi connectivity index (χ0v) is 7.75. The molecule has 15 heavy (non-hydrogen) atoms. The molecule has 0 unspecified atom stereocenters. The van der Waals surface area contributed by atoms with Crippen LogP contribution < -0.4 is 11.6 Å². The average Bonchev–Trinajstić information content (AvgIpc) is 2.62. The molecule has 3 heterocycles. The summed E-state index contributed by atoms with van der Waals surface area (Å²) in [5, 5.41) is 0.849. The Morgan fingerprint density at radius 3 is 3.00 bits per heavy atom. The number of imidazole rings is 1. The lowest BCUT2D eigenvalue weighted by Crippen LogP contribution is -2.06. The van der Waals surface area contributed by atoms with Crippen LogP contribution >= 0.6 is 0 Å². The fraction of sp³-hybridized carbons (Fsp3) is 0. The van der Waals surface area contributed by atoms with E-state index in [9.17, 15) is 0 Å². The molecule has 0 aliphatic carbocycles. The number of rotatable bonds is 0. The zero-order valence-electron chi connectivity index (χ0n) is 7.75. The average molecular weight is 200 g/mol. The number of pyridine rings is 2. The lowest BCUT2D eigenvalue weighted by Gasteiger charge is -2.01. The summed E-state index contributed by atoms with van der Waals surface area (Å²) in [6.07, 6.45) is 3.17. The van der Waals surface area contributed by atoms with Crippen molar-refractivity contribution in [2.45, 2.75) is 0 Å². The summed E-state index contributed by atoms with van der Waals surface area (Å²) in [5.74, 6) is 6.10. The van der Waals surface area contributed by atoms with Crippen LogP contribution in [0.3, 0.4) is 0 Å². The van der Waals surface area contributed by atoms with Gasteiger partial charge in [0.05, 0.1) is 0 Å². The lowest BCUT2D eigenvalue weighted by atomic mass is 10.2. The monoisotopic (exact) mass is 200 g/mol. The van der Waals surface area contributed by atoms with Gasteiger partial charge >= 0.3 is 0 Å². The normalized spacial score (nSPS) is 11.2. The second-order valence-electron chi connectivity index (χ2n) is 3.22. The molecule has 3 aromatic rings. The second kappa shape index (κ2) is 2.57. The van der Waals surface area contributed by atoms with Crippen LogP contribution in [0.15, 0.2) is 24.7 Å². The van der Waals surface area contributed by atoms with Gasteiger partial charge in [0.1, 0.15) is 17.4 Å². The Labute approximate surface area is 84.5 Å². The SMILES string of the molecule is Nc1nc2ncccc2c2c1ncn2N. The van der Waals surface area contributed by atoms with Crippen molar-refractivity contribution in [2.75, 3.05) is 11.6 Å². The summed E-state index contributed by atoms with van der Waals surface area (Å²) in [6.45, 7) is 0. The molecule has 0 spiro atoms. The molecule has 0 aliphatic heterocycles. The van der Waals surface area contributed by atoms with E-state index in [-0.39, 0.29) is 0 Å². The first-order valence-corrected chi connectivity index (χ1v) is 4.39. The lowest BCUT2D eigenvalue weighted by molar-refractivity contribution is 1.04. The Kier molecular flexibility index (Phi) is 1.37. The predicted molar refractivity (Wildman–Crippen MR) is 57.4 cm³/mol. The summed E-state index contributed by atoms with van der Waals surface area (Å²) in [6, 6.07) is 3.72. The maximum Gasteiger partial charge on any atom is 0.163 e. The minimum Gasteiger partial charge on any atom is -0.382 e.